The van der Waals surface area contributed by atoms with Gasteiger partial charge in [-0.3, -0.25) is 24.0 Å². The van der Waals surface area contributed by atoms with Crippen LogP contribution in [0.2, 0.25) is 0 Å². The number of aliphatic carboxylic acids is 2. The summed E-state index contributed by atoms with van der Waals surface area (Å²) in [5, 5.41) is 42.3. The maximum atomic E-state index is 12.3. The number of aliphatic hydroxyl groups is 2. The lowest BCUT2D eigenvalue weighted by atomic mass is 10.1. The normalized spacial score (nSPS) is 16.2. The highest BCUT2D eigenvalue weighted by Crippen LogP contribution is 2.00. The predicted molar refractivity (Wildman–Crippen MR) is 88.1 cm³/mol. The molecule has 13 heteroatoms. The van der Waals surface area contributed by atoms with Crippen LogP contribution >= 0.6 is 0 Å². The molecule has 0 saturated heterocycles. The molecule has 5 unspecified atom stereocenters. The fourth-order valence-corrected chi connectivity index (χ4v) is 1.77. The number of hydrogen-bond donors (Lipinski definition) is 8. The second-order valence-electron chi connectivity index (χ2n) is 5.74. The third-order valence-corrected chi connectivity index (χ3v) is 3.34. The van der Waals surface area contributed by atoms with Crippen LogP contribution in [0.4, 0.5) is 0 Å². The van der Waals surface area contributed by atoms with Gasteiger partial charge in [0.1, 0.15) is 24.2 Å². The number of aliphatic hydroxyl groups excluding tert-OH is 2. The first-order valence-electron chi connectivity index (χ1n) is 7.80. The van der Waals surface area contributed by atoms with E-state index in [1.165, 1.54) is 0 Å². The van der Waals surface area contributed by atoms with Gasteiger partial charge < -0.3 is 42.1 Å². The number of hydrogen-bond acceptors (Lipinski definition) is 8. The highest BCUT2D eigenvalue weighted by molar-refractivity contribution is 5.95. The third-order valence-electron chi connectivity index (χ3n) is 3.34. The van der Waals surface area contributed by atoms with Crippen LogP contribution in [0.5, 0.6) is 0 Å². The van der Waals surface area contributed by atoms with Crippen molar-refractivity contribution in [2.45, 2.75) is 50.5 Å². The van der Waals surface area contributed by atoms with Crippen molar-refractivity contribution in [2.24, 2.45) is 5.73 Å². The van der Waals surface area contributed by atoms with Gasteiger partial charge in [0.05, 0.1) is 19.1 Å². The number of nitrogens with one attached hydrogen (secondary N) is 3. The maximum Gasteiger partial charge on any atom is 0.325 e. The monoisotopic (exact) mass is 392 g/mol. The highest BCUT2D eigenvalue weighted by atomic mass is 16.4. The number of rotatable bonds is 11. The molecule has 0 rings (SSSR count). The second kappa shape index (κ2) is 11.1. The molecule has 0 aliphatic carbocycles. The Hall–Kier alpha value is -2.77. The lowest BCUT2D eigenvalue weighted by Crippen LogP contribution is -2.60. The average molecular weight is 392 g/mol. The zero-order valence-electron chi connectivity index (χ0n) is 14.7. The topological polar surface area (TPSA) is 228 Å². The largest absolute Gasteiger partial charge is 0.481 e. The fraction of sp³-hybridized carbons (Fsp3) is 0.643. The van der Waals surface area contributed by atoms with Crippen LogP contribution < -0.4 is 21.7 Å². The van der Waals surface area contributed by atoms with Crippen LogP contribution in [0, 0.1) is 0 Å². The van der Waals surface area contributed by atoms with Crippen molar-refractivity contribution < 1.29 is 44.4 Å². The molecule has 0 radical (unpaired) electrons. The molecule has 0 aliphatic rings. The Morgan fingerprint density at radius 2 is 1.48 bits per heavy atom. The SMILES string of the molecule is CC(NC(=O)C(NC(=O)C(CC(=O)O)NC(=O)C(N)CO)C(C)O)C(=O)O. The van der Waals surface area contributed by atoms with Gasteiger partial charge in [-0.2, -0.15) is 0 Å². The molecule has 27 heavy (non-hydrogen) atoms. The van der Waals surface area contributed by atoms with E-state index < -0.39 is 73.0 Å². The van der Waals surface area contributed by atoms with Gasteiger partial charge in [0.25, 0.3) is 0 Å². The summed E-state index contributed by atoms with van der Waals surface area (Å²) in [7, 11) is 0. The van der Waals surface area contributed by atoms with E-state index in [2.05, 4.69) is 5.32 Å². The Morgan fingerprint density at radius 3 is 1.89 bits per heavy atom. The van der Waals surface area contributed by atoms with Crippen molar-refractivity contribution in [1.82, 2.24) is 16.0 Å². The van der Waals surface area contributed by atoms with Crippen LogP contribution in [0.3, 0.4) is 0 Å². The van der Waals surface area contributed by atoms with Crippen LogP contribution in [0.25, 0.3) is 0 Å². The first kappa shape index (κ1) is 24.2. The first-order chi connectivity index (χ1) is 12.4. The van der Waals surface area contributed by atoms with E-state index in [0.717, 1.165) is 13.8 Å². The standard InChI is InChI=1S/C14H24N4O9/c1-5(14(26)27)16-13(25)10(6(2)20)18-12(24)8(3-9(21)22)17-11(23)7(15)4-19/h5-8,10,19-20H,3-4,15H2,1-2H3,(H,16,25)(H,17,23)(H,18,24)(H,21,22)(H,26,27). The number of carbonyl (C=O) groups excluding carboxylic acids is 3. The predicted octanol–water partition coefficient (Wildman–Crippen LogP) is -4.28. The van der Waals surface area contributed by atoms with Crippen LogP contribution in [-0.4, -0.2) is 87.0 Å². The van der Waals surface area contributed by atoms with Crippen LogP contribution in [0.1, 0.15) is 20.3 Å². The molecule has 0 aromatic rings. The lowest BCUT2D eigenvalue weighted by molar-refractivity contribution is -0.143. The Kier molecular flexibility index (Phi) is 9.92. The van der Waals surface area contributed by atoms with Gasteiger partial charge in [-0.15, -0.1) is 0 Å². The average Bonchev–Trinajstić information content (AvgIpc) is 2.56. The molecular weight excluding hydrogens is 368 g/mol. The third kappa shape index (κ3) is 8.44. The number of carboxylic acid groups (broad SMARTS) is 2. The number of nitrogens with two attached hydrogens (primary N) is 1. The summed E-state index contributed by atoms with van der Waals surface area (Å²) >= 11 is 0. The maximum absolute atomic E-state index is 12.3. The molecule has 13 nitrogen and oxygen atoms in total. The molecule has 0 aliphatic heterocycles. The Labute approximate surface area is 153 Å². The second-order valence-corrected chi connectivity index (χ2v) is 5.74. The van der Waals surface area contributed by atoms with E-state index in [1.807, 2.05) is 10.6 Å². The van der Waals surface area contributed by atoms with E-state index in [4.69, 9.17) is 21.1 Å². The molecule has 0 bridgehead atoms. The summed E-state index contributed by atoms with van der Waals surface area (Å²) in [5.41, 5.74) is 5.28. The summed E-state index contributed by atoms with van der Waals surface area (Å²) in [6.07, 6.45) is -2.33. The minimum absolute atomic E-state index is 0.751. The highest BCUT2D eigenvalue weighted by Gasteiger charge is 2.32. The van der Waals surface area contributed by atoms with E-state index >= 15 is 0 Å². The van der Waals surface area contributed by atoms with Crippen molar-refractivity contribution in [3.63, 3.8) is 0 Å². The minimum atomic E-state index is -1.65. The van der Waals surface area contributed by atoms with Gasteiger partial charge in [-0.1, -0.05) is 0 Å². The van der Waals surface area contributed by atoms with Gasteiger partial charge in [0.2, 0.25) is 17.7 Å². The smallest absolute Gasteiger partial charge is 0.325 e. The lowest BCUT2D eigenvalue weighted by Gasteiger charge is -2.25. The van der Waals surface area contributed by atoms with Gasteiger partial charge in [-0.05, 0) is 13.8 Å². The van der Waals surface area contributed by atoms with Crippen molar-refractivity contribution in [2.75, 3.05) is 6.61 Å². The van der Waals surface area contributed by atoms with Gasteiger partial charge in [0, 0.05) is 0 Å². The summed E-state index contributed by atoms with van der Waals surface area (Å²) in [4.78, 5) is 57.7. The number of amides is 3. The molecule has 3 amide bonds. The quantitative estimate of drug-likeness (QED) is 0.169. The van der Waals surface area contributed by atoms with E-state index in [-0.39, 0.29) is 0 Å². The molecule has 9 N–H and O–H groups in total. The summed E-state index contributed by atoms with van der Waals surface area (Å²) in [6.45, 7) is 1.55. The van der Waals surface area contributed by atoms with E-state index in [9.17, 15) is 29.1 Å². The van der Waals surface area contributed by atoms with Gasteiger partial charge >= 0.3 is 11.9 Å². The van der Waals surface area contributed by atoms with E-state index in [0.29, 0.717) is 0 Å². The van der Waals surface area contributed by atoms with Gasteiger partial charge in [-0.25, -0.2) is 0 Å². The molecule has 0 saturated carbocycles. The van der Waals surface area contributed by atoms with Crippen LogP contribution in [0.15, 0.2) is 0 Å². The molecule has 0 aromatic heterocycles. The Balaban J connectivity index is 5.26. The molecule has 0 fully saturated rings. The van der Waals surface area contributed by atoms with Crippen molar-refractivity contribution in [3.05, 3.63) is 0 Å². The number of carbonyl (C=O) groups is 5. The summed E-state index contributed by atoms with van der Waals surface area (Å²) in [6, 6.07) is -5.98. The number of carboxylic acids is 2. The molecule has 0 heterocycles. The molecule has 5 atom stereocenters. The molecule has 154 valence electrons. The van der Waals surface area contributed by atoms with Crippen molar-refractivity contribution in [3.8, 4) is 0 Å². The zero-order valence-corrected chi connectivity index (χ0v) is 14.7. The molecule has 0 aromatic carbocycles. The molecular formula is C14H24N4O9. The van der Waals surface area contributed by atoms with Gasteiger partial charge in [0.15, 0.2) is 0 Å². The van der Waals surface area contributed by atoms with E-state index in [1.54, 1.807) is 0 Å². The van der Waals surface area contributed by atoms with Crippen molar-refractivity contribution >= 4 is 29.7 Å². The summed E-state index contributed by atoms with van der Waals surface area (Å²) in [5.74, 6) is -5.96. The Bertz CT molecular complexity index is 581. The Morgan fingerprint density at radius 1 is 0.926 bits per heavy atom. The van der Waals surface area contributed by atoms with Crippen molar-refractivity contribution in [1.29, 1.82) is 0 Å². The molecule has 0 spiro atoms. The first-order valence-corrected chi connectivity index (χ1v) is 7.80. The minimum Gasteiger partial charge on any atom is -0.481 e. The summed E-state index contributed by atoms with van der Waals surface area (Å²) < 4.78 is 0. The van der Waals surface area contributed by atoms with Crippen LogP contribution in [-0.2, 0) is 24.0 Å². The zero-order chi connectivity index (χ0) is 21.3. The fourth-order valence-electron chi connectivity index (χ4n) is 1.77.